The predicted octanol–water partition coefficient (Wildman–Crippen LogP) is 3.11. The summed E-state index contributed by atoms with van der Waals surface area (Å²) in [5.41, 5.74) is 2.91. The van der Waals surface area contributed by atoms with E-state index in [0.717, 1.165) is 29.1 Å². The Morgan fingerprint density at radius 3 is 2.50 bits per heavy atom. The van der Waals surface area contributed by atoms with E-state index in [0.29, 0.717) is 6.61 Å². The summed E-state index contributed by atoms with van der Waals surface area (Å²) in [6, 6.07) is 11.2. The molecule has 0 saturated heterocycles. The van der Waals surface area contributed by atoms with E-state index in [2.05, 4.69) is 10.3 Å². The second-order valence-corrected chi connectivity index (χ2v) is 5.27. The molecule has 1 aromatic heterocycles. The van der Waals surface area contributed by atoms with Gasteiger partial charge in [-0.15, -0.1) is 0 Å². The van der Waals surface area contributed by atoms with Crippen LogP contribution in [0.3, 0.4) is 0 Å². The van der Waals surface area contributed by atoms with Crippen LogP contribution in [-0.2, 0) is 6.42 Å². The lowest BCUT2D eigenvalue weighted by molar-refractivity contribution is 0.230. The Hall–Kier alpha value is -2.56. The van der Waals surface area contributed by atoms with Crippen LogP contribution in [0.5, 0.6) is 5.75 Å². The van der Waals surface area contributed by atoms with Gasteiger partial charge in [-0.25, -0.2) is 4.79 Å². The molecule has 0 bridgehead atoms. The second-order valence-electron chi connectivity index (χ2n) is 5.27. The van der Waals surface area contributed by atoms with Gasteiger partial charge in [0.25, 0.3) is 0 Å². The molecule has 2 amide bonds. The van der Waals surface area contributed by atoms with Crippen LogP contribution in [0, 0.1) is 6.92 Å². The number of benzene rings is 1. The third kappa shape index (κ3) is 4.77. The molecule has 1 aromatic carbocycles. The fourth-order valence-electron chi connectivity index (χ4n) is 1.79. The van der Waals surface area contributed by atoms with Gasteiger partial charge in [0.15, 0.2) is 0 Å². The SMILES string of the molecule is Cc1ccc(CCOc2ccc(NC(=O)N(C)C)cc2)nc1. The number of pyridine rings is 1. The molecular weight excluding hydrogens is 278 g/mol. The number of anilines is 1. The molecule has 0 fully saturated rings. The number of nitrogens with one attached hydrogen (secondary N) is 1. The van der Waals surface area contributed by atoms with Gasteiger partial charge in [-0.2, -0.15) is 0 Å². The van der Waals surface area contributed by atoms with Gasteiger partial charge >= 0.3 is 6.03 Å². The van der Waals surface area contributed by atoms with Gasteiger partial charge in [0, 0.05) is 38.1 Å². The van der Waals surface area contributed by atoms with Crippen molar-refractivity contribution in [1.82, 2.24) is 9.88 Å². The molecule has 5 nitrogen and oxygen atoms in total. The molecule has 1 N–H and O–H groups in total. The number of urea groups is 1. The first-order valence-electron chi connectivity index (χ1n) is 7.17. The number of carbonyl (C=O) groups excluding carboxylic acids is 1. The number of carbonyl (C=O) groups is 1. The van der Waals surface area contributed by atoms with E-state index in [-0.39, 0.29) is 6.03 Å². The van der Waals surface area contributed by atoms with Gasteiger partial charge in [0.05, 0.1) is 6.61 Å². The summed E-state index contributed by atoms with van der Waals surface area (Å²) in [6.07, 6.45) is 2.62. The lowest BCUT2D eigenvalue weighted by Crippen LogP contribution is -2.27. The Kier molecular flexibility index (Phi) is 5.36. The molecule has 22 heavy (non-hydrogen) atoms. The number of hydrogen-bond acceptors (Lipinski definition) is 3. The quantitative estimate of drug-likeness (QED) is 0.923. The van der Waals surface area contributed by atoms with E-state index in [4.69, 9.17) is 4.74 Å². The third-order valence-electron chi connectivity index (χ3n) is 3.11. The molecule has 0 radical (unpaired) electrons. The molecule has 0 unspecified atom stereocenters. The number of amides is 2. The van der Waals surface area contributed by atoms with Crippen LogP contribution in [0.4, 0.5) is 10.5 Å². The maximum atomic E-state index is 11.5. The van der Waals surface area contributed by atoms with Crippen LogP contribution >= 0.6 is 0 Å². The minimum Gasteiger partial charge on any atom is -0.493 e. The molecule has 0 spiro atoms. The highest BCUT2D eigenvalue weighted by Crippen LogP contribution is 2.16. The zero-order chi connectivity index (χ0) is 15.9. The molecule has 2 aromatic rings. The monoisotopic (exact) mass is 299 g/mol. The summed E-state index contributed by atoms with van der Waals surface area (Å²) >= 11 is 0. The third-order valence-corrected chi connectivity index (χ3v) is 3.11. The summed E-state index contributed by atoms with van der Waals surface area (Å²) in [5.74, 6) is 0.773. The first-order valence-corrected chi connectivity index (χ1v) is 7.17. The summed E-state index contributed by atoms with van der Waals surface area (Å²) < 4.78 is 5.68. The fourth-order valence-corrected chi connectivity index (χ4v) is 1.79. The van der Waals surface area contributed by atoms with Crippen molar-refractivity contribution in [2.75, 3.05) is 26.0 Å². The van der Waals surface area contributed by atoms with Crippen molar-refractivity contribution in [3.63, 3.8) is 0 Å². The largest absolute Gasteiger partial charge is 0.493 e. The number of nitrogens with zero attached hydrogens (tertiary/aromatic N) is 2. The maximum Gasteiger partial charge on any atom is 0.321 e. The van der Waals surface area contributed by atoms with E-state index in [1.807, 2.05) is 49.5 Å². The molecule has 2 rings (SSSR count). The Labute approximate surface area is 130 Å². The smallest absolute Gasteiger partial charge is 0.321 e. The molecule has 5 heteroatoms. The fraction of sp³-hybridized carbons (Fsp3) is 0.294. The molecule has 116 valence electrons. The zero-order valence-corrected chi connectivity index (χ0v) is 13.2. The summed E-state index contributed by atoms with van der Waals surface area (Å²) in [5, 5.41) is 2.78. The Balaban J connectivity index is 1.81. The summed E-state index contributed by atoms with van der Waals surface area (Å²) in [7, 11) is 3.40. The van der Waals surface area contributed by atoms with Gasteiger partial charge in [0.2, 0.25) is 0 Å². The van der Waals surface area contributed by atoms with Crippen molar-refractivity contribution >= 4 is 11.7 Å². The molecule has 0 aliphatic heterocycles. The average molecular weight is 299 g/mol. The molecule has 0 aliphatic carbocycles. The van der Waals surface area contributed by atoms with Crippen LogP contribution in [0.2, 0.25) is 0 Å². The van der Waals surface area contributed by atoms with Crippen LogP contribution in [-0.4, -0.2) is 36.6 Å². The van der Waals surface area contributed by atoms with Gasteiger partial charge in [-0.3, -0.25) is 4.98 Å². The molecule has 0 saturated carbocycles. The highest BCUT2D eigenvalue weighted by Gasteiger charge is 2.03. The average Bonchev–Trinajstić information content (AvgIpc) is 2.51. The van der Waals surface area contributed by atoms with Gasteiger partial charge in [-0.1, -0.05) is 6.07 Å². The van der Waals surface area contributed by atoms with Crippen molar-refractivity contribution in [1.29, 1.82) is 0 Å². The standard InChI is InChI=1S/C17H21N3O2/c1-13-4-5-14(18-12-13)10-11-22-16-8-6-15(7-9-16)19-17(21)20(2)3/h4-9,12H,10-11H2,1-3H3,(H,19,21). The van der Waals surface area contributed by atoms with Crippen LogP contribution in [0.15, 0.2) is 42.6 Å². The van der Waals surface area contributed by atoms with E-state index < -0.39 is 0 Å². The highest BCUT2D eigenvalue weighted by atomic mass is 16.5. The van der Waals surface area contributed by atoms with Crippen molar-refractivity contribution in [2.45, 2.75) is 13.3 Å². The minimum absolute atomic E-state index is 0.154. The molecule has 1 heterocycles. The number of aryl methyl sites for hydroxylation is 1. The second kappa shape index (κ2) is 7.45. The minimum atomic E-state index is -0.154. The Morgan fingerprint density at radius 1 is 1.18 bits per heavy atom. The van der Waals surface area contributed by atoms with E-state index in [1.165, 1.54) is 4.90 Å². The highest BCUT2D eigenvalue weighted by molar-refractivity contribution is 5.88. The van der Waals surface area contributed by atoms with E-state index in [9.17, 15) is 4.79 Å². The number of rotatable bonds is 5. The maximum absolute atomic E-state index is 11.5. The normalized spacial score (nSPS) is 10.1. The van der Waals surface area contributed by atoms with Crippen molar-refractivity contribution < 1.29 is 9.53 Å². The summed E-state index contributed by atoms with van der Waals surface area (Å²) in [6.45, 7) is 2.59. The van der Waals surface area contributed by atoms with Crippen molar-refractivity contribution in [3.8, 4) is 5.75 Å². The lowest BCUT2D eigenvalue weighted by atomic mass is 10.2. The Bertz CT molecular complexity index is 607. The topological polar surface area (TPSA) is 54.5 Å². The van der Waals surface area contributed by atoms with E-state index in [1.54, 1.807) is 14.1 Å². The molecular formula is C17H21N3O2. The summed E-state index contributed by atoms with van der Waals surface area (Å²) in [4.78, 5) is 17.4. The first kappa shape index (κ1) is 15.8. The Morgan fingerprint density at radius 2 is 1.91 bits per heavy atom. The molecule has 0 aliphatic rings. The predicted molar refractivity (Wildman–Crippen MR) is 87.3 cm³/mol. The van der Waals surface area contributed by atoms with Gasteiger partial charge in [-0.05, 0) is 42.8 Å². The lowest BCUT2D eigenvalue weighted by Gasteiger charge is -2.12. The van der Waals surface area contributed by atoms with Crippen LogP contribution < -0.4 is 10.1 Å². The van der Waals surface area contributed by atoms with Gasteiger partial charge < -0.3 is 15.0 Å². The number of ether oxygens (including phenoxy) is 1. The molecule has 0 atom stereocenters. The number of hydrogen-bond donors (Lipinski definition) is 1. The number of aromatic nitrogens is 1. The van der Waals surface area contributed by atoms with Crippen LogP contribution in [0.25, 0.3) is 0 Å². The van der Waals surface area contributed by atoms with Crippen LogP contribution in [0.1, 0.15) is 11.3 Å². The van der Waals surface area contributed by atoms with Crippen molar-refractivity contribution in [2.24, 2.45) is 0 Å². The van der Waals surface area contributed by atoms with E-state index >= 15 is 0 Å². The van der Waals surface area contributed by atoms with Crippen molar-refractivity contribution in [3.05, 3.63) is 53.9 Å². The van der Waals surface area contributed by atoms with Gasteiger partial charge in [0.1, 0.15) is 5.75 Å². The zero-order valence-electron chi connectivity index (χ0n) is 13.2. The first-order chi connectivity index (χ1) is 10.5.